The second kappa shape index (κ2) is 4.70. The number of fused-ring (bicyclic) bond motifs is 1. The van der Waals surface area contributed by atoms with Crippen LogP contribution in [0.5, 0.6) is 0 Å². The van der Waals surface area contributed by atoms with Crippen molar-refractivity contribution in [3.05, 3.63) is 29.8 Å². The first-order valence-electron chi connectivity index (χ1n) is 5.61. The van der Waals surface area contributed by atoms with Gasteiger partial charge in [0.2, 0.25) is 0 Å². The van der Waals surface area contributed by atoms with Crippen molar-refractivity contribution < 1.29 is 17.9 Å². The summed E-state index contributed by atoms with van der Waals surface area (Å²) in [5.41, 5.74) is 0.716. The molecule has 1 heterocycles. The van der Waals surface area contributed by atoms with Crippen LogP contribution in [0, 0.1) is 0 Å². The molecular formula is C12H15NO4S. The molecule has 1 aliphatic heterocycles. The van der Waals surface area contributed by atoms with E-state index in [1.807, 2.05) is 0 Å². The first-order chi connectivity index (χ1) is 8.45. The Morgan fingerprint density at radius 2 is 2.11 bits per heavy atom. The monoisotopic (exact) mass is 269 g/mol. The number of carbonyl (C=O) groups excluding carboxylic acids is 1. The van der Waals surface area contributed by atoms with Gasteiger partial charge in [-0.1, -0.05) is 18.2 Å². The van der Waals surface area contributed by atoms with Gasteiger partial charge in [0.05, 0.1) is 17.8 Å². The number of esters is 1. The summed E-state index contributed by atoms with van der Waals surface area (Å²) in [5.74, 6) is -0.426. The summed E-state index contributed by atoms with van der Waals surface area (Å²) in [6.45, 7) is 1.65. The van der Waals surface area contributed by atoms with E-state index < -0.39 is 21.8 Å². The summed E-state index contributed by atoms with van der Waals surface area (Å²) in [6.07, 6.45) is 0. The Hall–Kier alpha value is -1.40. The average molecular weight is 269 g/mol. The maximum atomic E-state index is 11.9. The average Bonchev–Trinajstić information content (AvgIpc) is 2.61. The highest BCUT2D eigenvalue weighted by Crippen LogP contribution is 2.33. The van der Waals surface area contributed by atoms with Gasteiger partial charge in [0, 0.05) is 6.04 Å². The van der Waals surface area contributed by atoms with Gasteiger partial charge in [-0.2, -0.15) is 0 Å². The molecule has 0 bridgehead atoms. The molecule has 0 saturated heterocycles. The molecule has 6 heteroatoms. The van der Waals surface area contributed by atoms with Gasteiger partial charge in [-0.15, -0.1) is 0 Å². The topological polar surface area (TPSA) is 72.5 Å². The molecule has 1 aromatic carbocycles. The molecule has 1 aliphatic rings. The van der Waals surface area contributed by atoms with Gasteiger partial charge in [0.15, 0.2) is 9.84 Å². The number of sulfone groups is 1. The maximum absolute atomic E-state index is 11.9. The lowest BCUT2D eigenvalue weighted by Crippen LogP contribution is -2.38. The Bertz CT molecular complexity index is 567. The van der Waals surface area contributed by atoms with Crippen LogP contribution in [0.2, 0.25) is 0 Å². The first-order valence-corrected chi connectivity index (χ1v) is 7.26. The molecule has 2 rings (SSSR count). The van der Waals surface area contributed by atoms with E-state index in [0.717, 1.165) is 0 Å². The number of rotatable bonds is 3. The number of benzene rings is 1. The molecule has 2 unspecified atom stereocenters. The van der Waals surface area contributed by atoms with Gasteiger partial charge in [0.25, 0.3) is 0 Å². The summed E-state index contributed by atoms with van der Waals surface area (Å²) in [6, 6.07) is 5.94. The normalized spacial score (nSPS) is 22.2. The van der Waals surface area contributed by atoms with Crippen LogP contribution in [0.15, 0.2) is 29.2 Å². The van der Waals surface area contributed by atoms with E-state index in [2.05, 4.69) is 10.1 Å². The molecule has 5 nitrogen and oxygen atoms in total. The van der Waals surface area contributed by atoms with Crippen LogP contribution in [0.3, 0.4) is 0 Å². The number of hydrogen-bond donors (Lipinski definition) is 1. The molecule has 98 valence electrons. The van der Waals surface area contributed by atoms with Crippen molar-refractivity contribution in [3.63, 3.8) is 0 Å². The lowest BCUT2D eigenvalue weighted by molar-refractivity contribution is -0.142. The Kier molecular flexibility index (Phi) is 3.41. The summed E-state index contributed by atoms with van der Waals surface area (Å²) >= 11 is 0. The fourth-order valence-electron chi connectivity index (χ4n) is 2.14. The minimum absolute atomic E-state index is 0.0202. The van der Waals surface area contributed by atoms with Gasteiger partial charge < -0.3 is 4.74 Å². The van der Waals surface area contributed by atoms with Crippen molar-refractivity contribution in [2.24, 2.45) is 0 Å². The maximum Gasteiger partial charge on any atom is 0.322 e. The van der Waals surface area contributed by atoms with Gasteiger partial charge in [0.1, 0.15) is 6.04 Å². The van der Waals surface area contributed by atoms with Crippen molar-refractivity contribution in [1.82, 2.24) is 5.32 Å². The van der Waals surface area contributed by atoms with Gasteiger partial charge in [-0.05, 0) is 18.6 Å². The third-order valence-electron chi connectivity index (χ3n) is 3.02. The lowest BCUT2D eigenvalue weighted by Gasteiger charge is -2.17. The Morgan fingerprint density at radius 3 is 2.78 bits per heavy atom. The third kappa shape index (κ3) is 2.26. The van der Waals surface area contributed by atoms with Crippen LogP contribution < -0.4 is 5.32 Å². The molecule has 0 spiro atoms. The fraction of sp³-hybridized carbons (Fsp3) is 0.417. The molecule has 0 saturated carbocycles. The van der Waals surface area contributed by atoms with Gasteiger partial charge >= 0.3 is 5.97 Å². The largest absolute Gasteiger partial charge is 0.468 e. The first kappa shape index (κ1) is 13.0. The number of carbonyl (C=O) groups is 1. The highest BCUT2D eigenvalue weighted by molar-refractivity contribution is 7.91. The predicted molar refractivity (Wildman–Crippen MR) is 65.8 cm³/mol. The molecule has 0 aliphatic carbocycles. The fourth-order valence-corrected chi connectivity index (χ4v) is 3.88. The molecule has 18 heavy (non-hydrogen) atoms. The van der Waals surface area contributed by atoms with E-state index >= 15 is 0 Å². The number of nitrogens with one attached hydrogen (secondary N) is 1. The second-order valence-electron chi connectivity index (χ2n) is 4.28. The lowest BCUT2D eigenvalue weighted by atomic mass is 10.1. The summed E-state index contributed by atoms with van der Waals surface area (Å²) in [5, 5.41) is 2.99. The number of methoxy groups -OCH3 is 1. The summed E-state index contributed by atoms with van der Waals surface area (Å²) < 4.78 is 28.5. The minimum Gasteiger partial charge on any atom is -0.468 e. The van der Waals surface area contributed by atoms with Crippen LogP contribution in [0.1, 0.15) is 18.5 Å². The van der Waals surface area contributed by atoms with Crippen LogP contribution in [0.25, 0.3) is 0 Å². The van der Waals surface area contributed by atoms with Crippen LogP contribution in [-0.4, -0.2) is 33.3 Å². The Balaban J connectivity index is 2.26. The highest BCUT2D eigenvalue weighted by atomic mass is 32.2. The van der Waals surface area contributed by atoms with Crippen molar-refractivity contribution in [2.45, 2.75) is 23.9 Å². The highest BCUT2D eigenvalue weighted by Gasteiger charge is 2.35. The molecule has 1 aromatic rings. The molecule has 0 fully saturated rings. The molecule has 0 amide bonds. The predicted octanol–water partition coefficient (Wildman–Crippen LogP) is 0.666. The van der Waals surface area contributed by atoms with Crippen molar-refractivity contribution in [3.8, 4) is 0 Å². The summed E-state index contributed by atoms with van der Waals surface area (Å²) in [4.78, 5) is 11.7. The third-order valence-corrected chi connectivity index (χ3v) is 4.84. The molecule has 0 radical (unpaired) electrons. The second-order valence-corrected chi connectivity index (χ2v) is 6.29. The van der Waals surface area contributed by atoms with Crippen LogP contribution in [0.4, 0.5) is 0 Å². The molecular weight excluding hydrogens is 254 g/mol. The molecule has 1 N–H and O–H groups in total. The Morgan fingerprint density at radius 1 is 1.44 bits per heavy atom. The van der Waals surface area contributed by atoms with E-state index in [0.29, 0.717) is 10.5 Å². The molecule has 0 aromatic heterocycles. The summed E-state index contributed by atoms with van der Waals surface area (Å²) in [7, 11) is -1.94. The van der Waals surface area contributed by atoms with E-state index in [9.17, 15) is 13.2 Å². The van der Waals surface area contributed by atoms with Crippen LogP contribution in [-0.2, 0) is 19.4 Å². The van der Waals surface area contributed by atoms with Crippen LogP contribution >= 0.6 is 0 Å². The molecule has 2 atom stereocenters. The van der Waals surface area contributed by atoms with E-state index in [-0.39, 0.29) is 11.8 Å². The van der Waals surface area contributed by atoms with Crippen molar-refractivity contribution in [1.29, 1.82) is 0 Å². The quantitative estimate of drug-likeness (QED) is 0.816. The zero-order chi connectivity index (χ0) is 13.3. The minimum atomic E-state index is -3.25. The Labute approximate surface area is 106 Å². The zero-order valence-corrected chi connectivity index (χ0v) is 11.0. The number of ether oxygens (including phenoxy) is 1. The van der Waals surface area contributed by atoms with E-state index in [1.165, 1.54) is 7.11 Å². The number of hydrogen-bond acceptors (Lipinski definition) is 5. The smallest absolute Gasteiger partial charge is 0.322 e. The van der Waals surface area contributed by atoms with Crippen molar-refractivity contribution in [2.75, 3.05) is 12.9 Å². The van der Waals surface area contributed by atoms with E-state index in [1.54, 1.807) is 31.2 Å². The van der Waals surface area contributed by atoms with Crippen molar-refractivity contribution >= 4 is 15.8 Å². The SMILES string of the molecule is COC(=O)C(C)NC1CS(=O)(=O)c2ccccc21. The van der Waals surface area contributed by atoms with E-state index in [4.69, 9.17) is 0 Å². The van der Waals surface area contributed by atoms with Gasteiger partial charge in [-0.3, -0.25) is 10.1 Å². The zero-order valence-electron chi connectivity index (χ0n) is 10.2. The van der Waals surface area contributed by atoms with Gasteiger partial charge in [-0.25, -0.2) is 8.42 Å². The standard InChI is InChI=1S/C12H15NO4S/c1-8(12(14)17-2)13-10-7-18(15,16)11-6-4-3-5-9(10)11/h3-6,8,10,13H,7H2,1-2H3.